The highest BCUT2D eigenvalue weighted by atomic mass is 16.5. The molecule has 0 atom stereocenters. The molecule has 0 amide bonds. The van der Waals surface area contributed by atoms with Crippen LogP contribution in [-0.4, -0.2) is 17.6 Å². The molecule has 0 heterocycles. The van der Waals surface area contributed by atoms with Crippen molar-refractivity contribution in [2.45, 2.75) is 20.3 Å². The SMILES string of the molecule is CCCN=C(C)NO. The second-order valence-corrected chi connectivity index (χ2v) is 1.58. The van der Waals surface area contributed by atoms with E-state index in [1.165, 1.54) is 0 Å². The van der Waals surface area contributed by atoms with Crippen molar-refractivity contribution in [1.29, 1.82) is 0 Å². The molecule has 3 nitrogen and oxygen atoms in total. The predicted octanol–water partition coefficient (Wildman–Crippen LogP) is 0.794. The van der Waals surface area contributed by atoms with Crippen LogP contribution in [0, 0.1) is 0 Å². The van der Waals surface area contributed by atoms with Crippen LogP contribution in [0.2, 0.25) is 0 Å². The minimum Gasteiger partial charge on any atom is -0.290 e. The fourth-order valence-electron chi connectivity index (χ4n) is 0.315. The zero-order valence-corrected chi connectivity index (χ0v) is 5.31. The first-order valence-electron chi connectivity index (χ1n) is 2.72. The maximum atomic E-state index is 8.18. The van der Waals surface area contributed by atoms with Crippen LogP contribution in [0.25, 0.3) is 0 Å². The van der Waals surface area contributed by atoms with Gasteiger partial charge in [-0.3, -0.25) is 15.7 Å². The van der Waals surface area contributed by atoms with Gasteiger partial charge in [-0.05, 0) is 13.3 Å². The minimum absolute atomic E-state index is 0.576. The van der Waals surface area contributed by atoms with Crippen molar-refractivity contribution >= 4 is 5.84 Å². The highest BCUT2D eigenvalue weighted by Crippen LogP contribution is 1.77. The van der Waals surface area contributed by atoms with Gasteiger partial charge in [-0.25, -0.2) is 0 Å². The lowest BCUT2D eigenvalue weighted by Crippen LogP contribution is -2.14. The van der Waals surface area contributed by atoms with Crippen LogP contribution in [0.5, 0.6) is 0 Å². The second kappa shape index (κ2) is 4.59. The van der Waals surface area contributed by atoms with E-state index in [2.05, 4.69) is 4.99 Å². The number of hydrogen-bond acceptors (Lipinski definition) is 2. The zero-order valence-electron chi connectivity index (χ0n) is 5.31. The van der Waals surface area contributed by atoms with Crippen molar-refractivity contribution in [1.82, 2.24) is 5.48 Å². The van der Waals surface area contributed by atoms with E-state index >= 15 is 0 Å². The first-order chi connectivity index (χ1) is 3.81. The van der Waals surface area contributed by atoms with Crippen molar-refractivity contribution in [3.8, 4) is 0 Å². The fourth-order valence-corrected chi connectivity index (χ4v) is 0.315. The molecule has 0 aromatic rings. The summed E-state index contributed by atoms with van der Waals surface area (Å²) in [4.78, 5) is 3.92. The Bertz CT molecular complexity index is 80.5. The summed E-state index contributed by atoms with van der Waals surface area (Å²) in [5, 5.41) is 8.18. The highest BCUT2D eigenvalue weighted by Gasteiger charge is 1.80. The smallest absolute Gasteiger partial charge is 0.117 e. The van der Waals surface area contributed by atoms with E-state index in [1.54, 1.807) is 6.92 Å². The van der Waals surface area contributed by atoms with Crippen LogP contribution < -0.4 is 5.48 Å². The van der Waals surface area contributed by atoms with Gasteiger partial charge in [0.05, 0.1) is 0 Å². The molecule has 0 aliphatic carbocycles. The van der Waals surface area contributed by atoms with Gasteiger partial charge < -0.3 is 0 Å². The molecule has 0 bridgehead atoms. The first-order valence-corrected chi connectivity index (χ1v) is 2.72. The van der Waals surface area contributed by atoms with Gasteiger partial charge in [0.25, 0.3) is 0 Å². The van der Waals surface area contributed by atoms with E-state index < -0.39 is 0 Å². The summed E-state index contributed by atoms with van der Waals surface area (Å²) in [5.74, 6) is 0.576. The largest absolute Gasteiger partial charge is 0.290 e. The van der Waals surface area contributed by atoms with Crippen LogP contribution in [0.1, 0.15) is 20.3 Å². The van der Waals surface area contributed by atoms with Gasteiger partial charge in [0.15, 0.2) is 0 Å². The van der Waals surface area contributed by atoms with Crippen molar-refractivity contribution in [3.05, 3.63) is 0 Å². The molecule has 2 N–H and O–H groups in total. The van der Waals surface area contributed by atoms with Crippen LogP contribution in [0.15, 0.2) is 4.99 Å². The van der Waals surface area contributed by atoms with E-state index in [1.807, 2.05) is 12.4 Å². The second-order valence-electron chi connectivity index (χ2n) is 1.58. The Hall–Kier alpha value is -0.570. The van der Waals surface area contributed by atoms with E-state index in [0.717, 1.165) is 13.0 Å². The van der Waals surface area contributed by atoms with Crippen LogP contribution in [0.3, 0.4) is 0 Å². The Morgan fingerprint density at radius 3 is 2.75 bits per heavy atom. The molecule has 3 heteroatoms. The summed E-state index contributed by atoms with van der Waals surface area (Å²) in [7, 11) is 0. The fraction of sp³-hybridized carbons (Fsp3) is 0.800. The molecule has 0 rings (SSSR count). The lowest BCUT2D eigenvalue weighted by Gasteiger charge is -1.93. The van der Waals surface area contributed by atoms with Crippen molar-refractivity contribution in [2.75, 3.05) is 6.54 Å². The molecule has 0 aliphatic heterocycles. The first kappa shape index (κ1) is 7.43. The standard InChI is InChI=1S/C5H12N2O/c1-3-4-6-5(2)7-8/h8H,3-4H2,1-2H3,(H,6,7). The zero-order chi connectivity index (χ0) is 6.41. The maximum absolute atomic E-state index is 8.18. The van der Waals surface area contributed by atoms with Gasteiger partial charge in [-0.15, -0.1) is 0 Å². The molecule has 0 unspecified atom stereocenters. The topological polar surface area (TPSA) is 44.6 Å². The third kappa shape index (κ3) is 3.61. The number of hydroxylamine groups is 1. The predicted molar refractivity (Wildman–Crippen MR) is 33.2 cm³/mol. The average molecular weight is 116 g/mol. The summed E-state index contributed by atoms with van der Waals surface area (Å²) in [5.41, 5.74) is 1.95. The van der Waals surface area contributed by atoms with Crippen molar-refractivity contribution < 1.29 is 5.21 Å². The number of rotatable bonds is 2. The van der Waals surface area contributed by atoms with Gasteiger partial charge in [0.2, 0.25) is 0 Å². The maximum Gasteiger partial charge on any atom is 0.117 e. The van der Waals surface area contributed by atoms with E-state index in [-0.39, 0.29) is 0 Å². The van der Waals surface area contributed by atoms with Gasteiger partial charge in [0.1, 0.15) is 5.84 Å². The van der Waals surface area contributed by atoms with Crippen molar-refractivity contribution in [2.24, 2.45) is 4.99 Å². The minimum atomic E-state index is 0.576. The van der Waals surface area contributed by atoms with Gasteiger partial charge in [-0.2, -0.15) is 0 Å². The molecule has 0 fully saturated rings. The Balaban J connectivity index is 3.26. The van der Waals surface area contributed by atoms with E-state index in [9.17, 15) is 0 Å². The highest BCUT2D eigenvalue weighted by molar-refractivity contribution is 5.78. The molecule has 0 radical (unpaired) electrons. The lowest BCUT2D eigenvalue weighted by molar-refractivity contribution is 0.233. The summed E-state index contributed by atoms with van der Waals surface area (Å²) in [6.45, 7) is 4.53. The third-order valence-corrected chi connectivity index (χ3v) is 0.734. The number of hydrogen-bond donors (Lipinski definition) is 2. The van der Waals surface area contributed by atoms with Crippen LogP contribution in [-0.2, 0) is 0 Å². The van der Waals surface area contributed by atoms with Crippen LogP contribution in [0.4, 0.5) is 0 Å². The summed E-state index contributed by atoms with van der Waals surface area (Å²) in [6, 6.07) is 0. The van der Waals surface area contributed by atoms with Crippen molar-refractivity contribution in [3.63, 3.8) is 0 Å². The van der Waals surface area contributed by atoms with Gasteiger partial charge in [-0.1, -0.05) is 6.92 Å². The molecular weight excluding hydrogens is 104 g/mol. The van der Waals surface area contributed by atoms with E-state index in [4.69, 9.17) is 5.21 Å². The lowest BCUT2D eigenvalue weighted by atomic mass is 10.5. The third-order valence-electron chi connectivity index (χ3n) is 0.734. The normalized spacial score (nSPS) is 11.6. The number of nitrogens with zero attached hydrogens (tertiary/aromatic N) is 1. The Morgan fingerprint density at radius 1 is 1.75 bits per heavy atom. The quantitative estimate of drug-likeness (QED) is 0.318. The van der Waals surface area contributed by atoms with Crippen LogP contribution >= 0.6 is 0 Å². The Labute approximate surface area is 49.4 Å². The number of nitrogens with one attached hydrogen (secondary N) is 1. The monoisotopic (exact) mass is 116 g/mol. The molecule has 0 saturated carbocycles. The summed E-state index contributed by atoms with van der Waals surface area (Å²) in [6.07, 6.45) is 1.01. The summed E-state index contributed by atoms with van der Waals surface area (Å²) >= 11 is 0. The average Bonchev–Trinajstić information content (AvgIpc) is 1.83. The number of amidine groups is 1. The van der Waals surface area contributed by atoms with Gasteiger partial charge in [0, 0.05) is 6.54 Å². The molecular formula is C5H12N2O. The summed E-state index contributed by atoms with van der Waals surface area (Å²) < 4.78 is 0. The molecule has 8 heavy (non-hydrogen) atoms. The molecule has 0 aromatic carbocycles. The number of aliphatic imine (C=N–C) groups is 1. The molecule has 48 valence electrons. The molecule has 0 aromatic heterocycles. The molecule has 0 aliphatic rings. The Morgan fingerprint density at radius 2 is 2.38 bits per heavy atom. The van der Waals surface area contributed by atoms with E-state index in [0.29, 0.717) is 5.84 Å². The Kier molecular flexibility index (Phi) is 4.26. The molecule has 0 saturated heterocycles. The molecule has 0 spiro atoms. The van der Waals surface area contributed by atoms with Gasteiger partial charge >= 0.3 is 0 Å².